The summed E-state index contributed by atoms with van der Waals surface area (Å²) in [6.45, 7) is 0. The lowest BCUT2D eigenvalue weighted by Gasteiger charge is -2.04. The van der Waals surface area contributed by atoms with E-state index in [2.05, 4.69) is 20.8 Å². The fourth-order valence-corrected chi connectivity index (χ4v) is 2.61. The molecule has 0 atom stereocenters. The van der Waals surface area contributed by atoms with E-state index in [0.717, 1.165) is 0 Å². The number of carbonyl (C=O) groups is 1. The average molecular weight is 429 g/mol. The van der Waals surface area contributed by atoms with Crippen molar-refractivity contribution in [2.24, 2.45) is 15.3 Å². The summed E-state index contributed by atoms with van der Waals surface area (Å²) in [5, 5.41) is 32.4. The van der Waals surface area contributed by atoms with Crippen LogP contribution in [0.25, 0.3) is 0 Å². The second-order valence-corrected chi connectivity index (χ2v) is 6.60. The Bertz CT molecular complexity index is 1120. The maximum Gasteiger partial charge on any atom is 0.275 e. The van der Waals surface area contributed by atoms with Crippen LogP contribution < -0.4 is 5.43 Å². The van der Waals surface area contributed by atoms with Crippen molar-refractivity contribution < 1.29 is 15.0 Å². The lowest BCUT2D eigenvalue weighted by molar-refractivity contribution is 0.0952. The van der Waals surface area contributed by atoms with E-state index in [1.165, 1.54) is 36.5 Å². The van der Waals surface area contributed by atoms with Gasteiger partial charge in [0.25, 0.3) is 5.91 Å². The number of halogens is 2. The van der Waals surface area contributed by atoms with Gasteiger partial charge in [-0.1, -0.05) is 35.3 Å². The predicted octanol–water partition coefficient (Wildman–Crippen LogP) is 5.58. The molecule has 0 saturated carbocycles. The van der Waals surface area contributed by atoms with Crippen LogP contribution in [0, 0.1) is 0 Å². The second kappa shape index (κ2) is 9.18. The third-order valence-corrected chi connectivity index (χ3v) is 4.26. The number of hydrogen-bond donors (Lipinski definition) is 3. The summed E-state index contributed by atoms with van der Waals surface area (Å²) in [5.41, 5.74) is 3.48. The van der Waals surface area contributed by atoms with Crippen molar-refractivity contribution in [2.45, 2.75) is 0 Å². The molecule has 0 aliphatic rings. The highest BCUT2D eigenvalue weighted by atomic mass is 35.5. The van der Waals surface area contributed by atoms with Gasteiger partial charge in [-0.2, -0.15) is 10.2 Å². The van der Waals surface area contributed by atoms with Gasteiger partial charge in [0.05, 0.1) is 22.5 Å². The molecule has 3 aromatic rings. The van der Waals surface area contributed by atoms with Gasteiger partial charge in [-0.25, -0.2) is 5.43 Å². The summed E-state index contributed by atoms with van der Waals surface area (Å²) in [6.07, 6.45) is 1.24. The van der Waals surface area contributed by atoms with Crippen molar-refractivity contribution in [1.82, 2.24) is 5.43 Å². The molecular formula is C20H14Cl2N4O3. The minimum Gasteiger partial charge on any atom is -0.507 e. The number of hydrogen-bond acceptors (Lipinski definition) is 6. The van der Waals surface area contributed by atoms with E-state index < -0.39 is 5.91 Å². The Hall–Kier alpha value is -3.42. The number of benzene rings is 3. The largest absolute Gasteiger partial charge is 0.507 e. The van der Waals surface area contributed by atoms with Crippen molar-refractivity contribution in [3.8, 4) is 11.5 Å². The van der Waals surface area contributed by atoms with Gasteiger partial charge in [0.2, 0.25) is 0 Å². The Morgan fingerprint density at radius 1 is 0.931 bits per heavy atom. The topological polar surface area (TPSA) is 107 Å². The van der Waals surface area contributed by atoms with Crippen LogP contribution in [0.3, 0.4) is 0 Å². The molecule has 0 unspecified atom stereocenters. The molecule has 0 radical (unpaired) electrons. The van der Waals surface area contributed by atoms with Crippen LogP contribution in [0.5, 0.6) is 11.5 Å². The highest BCUT2D eigenvalue weighted by Crippen LogP contribution is 2.28. The van der Waals surface area contributed by atoms with E-state index in [4.69, 9.17) is 23.2 Å². The molecule has 9 heteroatoms. The number of nitrogens with one attached hydrogen (secondary N) is 1. The van der Waals surface area contributed by atoms with Gasteiger partial charge in [0, 0.05) is 10.6 Å². The van der Waals surface area contributed by atoms with Crippen molar-refractivity contribution in [3.63, 3.8) is 0 Å². The summed E-state index contributed by atoms with van der Waals surface area (Å²) in [5.74, 6) is -0.951. The fraction of sp³-hybridized carbons (Fsp3) is 0. The van der Waals surface area contributed by atoms with Crippen LogP contribution in [0.2, 0.25) is 10.0 Å². The first-order valence-corrected chi connectivity index (χ1v) is 9.01. The number of carbonyl (C=O) groups excluding carboxylic acids is 1. The minimum absolute atomic E-state index is 0.0267. The van der Waals surface area contributed by atoms with Gasteiger partial charge in [-0.05, 0) is 48.5 Å². The summed E-state index contributed by atoms with van der Waals surface area (Å²) in [4.78, 5) is 12.1. The molecule has 1 amide bonds. The SMILES string of the molecule is O=C(N/N=C/c1cc(N=Nc2ccccc2Cl)ccc1O)c1cc(Cl)ccc1O. The Morgan fingerprint density at radius 2 is 1.69 bits per heavy atom. The van der Waals surface area contributed by atoms with Crippen molar-refractivity contribution in [2.75, 3.05) is 0 Å². The Labute approximate surface area is 175 Å². The summed E-state index contributed by atoms with van der Waals surface area (Å²) >= 11 is 11.9. The van der Waals surface area contributed by atoms with Crippen molar-refractivity contribution in [3.05, 3.63) is 81.8 Å². The standard InChI is InChI=1S/C20H14Cl2N4O3/c21-13-5-7-19(28)15(10-13)20(29)26-23-11-12-9-14(6-8-18(12)27)24-25-17-4-2-1-3-16(17)22/h1-11,27-28H,(H,26,29)/b23-11+,25-24?. The third-order valence-electron chi connectivity index (χ3n) is 3.71. The zero-order valence-corrected chi connectivity index (χ0v) is 16.3. The van der Waals surface area contributed by atoms with Gasteiger partial charge in [-0.3, -0.25) is 4.79 Å². The summed E-state index contributed by atoms with van der Waals surface area (Å²) in [6, 6.07) is 15.6. The molecule has 0 bridgehead atoms. The van der Waals surface area contributed by atoms with Crippen LogP contribution >= 0.6 is 23.2 Å². The molecular weight excluding hydrogens is 415 g/mol. The molecule has 0 aliphatic carbocycles. The first-order valence-electron chi connectivity index (χ1n) is 8.25. The number of amides is 1. The fourth-order valence-electron chi connectivity index (χ4n) is 2.26. The van der Waals surface area contributed by atoms with Gasteiger partial charge in [0.15, 0.2) is 0 Å². The van der Waals surface area contributed by atoms with Crippen LogP contribution in [-0.2, 0) is 0 Å². The van der Waals surface area contributed by atoms with Gasteiger partial charge < -0.3 is 10.2 Å². The molecule has 7 nitrogen and oxygen atoms in total. The number of aromatic hydroxyl groups is 2. The zero-order valence-electron chi connectivity index (χ0n) is 14.8. The van der Waals surface area contributed by atoms with Crippen LogP contribution in [0.15, 0.2) is 76.0 Å². The number of phenolic OH excluding ortho intramolecular Hbond substituents is 2. The van der Waals surface area contributed by atoms with Crippen LogP contribution in [-0.4, -0.2) is 22.3 Å². The molecule has 29 heavy (non-hydrogen) atoms. The normalized spacial score (nSPS) is 11.2. The zero-order chi connectivity index (χ0) is 20.8. The van der Waals surface area contributed by atoms with Crippen molar-refractivity contribution in [1.29, 1.82) is 0 Å². The third kappa shape index (κ3) is 5.31. The number of azo groups is 1. The molecule has 0 aliphatic heterocycles. The molecule has 0 spiro atoms. The van der Waals surface area contributed by atoms with Gasteiger partial charge in [0.1, 0.15) is 17.2 Å². The maximum atomic E-state index is 12.1. The van der Waals surface area contributed by atoms with E-state index in [0.29, 0.717) is 27.0 Å². The number of phenols is 2. The summed E-state index contributed by atoms with van der Waals surface area (Å²) in [7, 11) is 0. The molecule has 0 saturated heterocycles. The van der Waals surface area contributed by atoms with Crippen LogP contribution in [0.1, 0.15) is 15.9 Å². The van der Waals surface area contributed by atoms with Gasteiger partial charge in [-0.15, -0.1) is 5.11 Å². The van der Waals surface area contributed by atoms with E-state index >= 15 is 0 Å². The molecule has 3 aromatic carbocycles. The Kier molecular flexibility index (Phi) is 6.43. The number of nitrogens with zero attached hydrogens (tertiary/aromatic N) is 3. The Balaban J connectivity index is 1.74. The summed E-state index contributed by atoms with van der Waals surface area (Å²) < 4.78 is 0. The highest BCUT2D eigenvalue weighted by Gasteiger charge is 2.11. The van der Waals surface area contributed by atoms with Gasteiger partial charge >= 0.3 is 0 Å². The molecule has 0 aromatic heterocycles. The smallest absolute Gasteiger partial charge is 0.275 e. The van der Waals surface area contributed by atoms with E-state index in [9.17, 15) is 15.0 Å². The predicted molar refractivity (Wildman–Crippen MR) is 112 cm³/mol. The van der Waals surface area contributed by atoms with Crippen molar-refractivity contribution >= 4 is 46.7 Å². The second-order valence-electron chi connectivity index (χ2n) is 5.76. The minimum atomic E-state index is -0.657. The van der Waals surface area contributed by atoms with E-state index in [-0.39, 0.29) is 17.1 Å². The lowest BCUT2D eigenvalue weighted by atomic mass is 10.2. The number of rotatable bonds is 5. The molecule has 3 N–H and O–H groups in total. The Morgan fingerprint density at radius 3 is 2.48 bits per heavy atom. The first kappa shape index (κ1) is 20.3. The average Bonchev–Trinajstić information content (AvgIpc) is 2.71. The lowest BCUT2D eigenvalue weighted by Crippen LogP contribution is -2.17. The monoisotopic (exact) mass is 428 g/mol. The molecule has 0 heterocycles. The molecule has 3 rings (SSSR count). The quantitative estimate of drug-likeness (QED) is 0.280. The number of hydrazone groups is 1. The van der Waals surface area contributed by atoms with Crippen LogP contribution in [0.4, 0.5) is 11.4 Å². The molecule has 0 fully saturated rings. The molecule has 146 valence electrons. The van der Waals surface area contributed by atoms with E-state index in [1.807, 2.05) is 0 Å². The van der Waals surface area contributed by atoms with E-state index in [1.54, 1.807) is 30.3 Å². The first-order chi connectivity index (χ1) is 13.9. The highest BCUT2D eigenvalue weighted by molar-refractivity contribution is 6.33. The maximum absolute atomic E-state index is 12.1.